The molecule has 0 aliphatic carbocycles. The number of hydrogen-bond acceptors (Lipinski definition) is 6. The quantitative estimate of drug-likeness (QED) is 0.705. The van der Waals surface area contributed by atoms with E-state index in [0.29, 0.717) is 45.9 Å². The predicted octanol–water partition coefficient (Wildman–Crippen LogP) is 0.183. The number of rotatable bonds is 6. The Morgan fingerprint density at radius 1 is 1.08 bits per heavy atom. The van der Waals surface area contributed by atoms with Crippen molar-refractivity contribution >= 4 is 23.2 Å². The molecule has 0 atom stereocenters. The van der Waals surface area contributed by atoms with Gasteiger partial charge in [-0.25, -0.2) is 0 Å². The van der Waals surface area contributed by atoms with Crippen molar-refractivity contribution in [2.45, 2.75) is 6.54 Å². The van der Waals surface area contributed by atoms with E-state index in [1.807, 2.05) is 29.5 Å². The Balaban J connectivity index is 1.37. The molecule has 2 saturated heterocycles. The lowest BCUT2D eigenvalue weighted by atomic mass is 10.3. The molecule has 7 nitrogen and oxygen atoms in total. The number of carbonyl (C=O) groups excluding carboxylic acids is 2. The maximum absolute atomic E-state index is 12.4. The van der Waals surface area contributed by atoms with Crippen molar-refractivity contribution < 1.29 is 14.3 Å². The van der Waals surface area contributed by atoms with Crippen LogP contribution in [-0.4, -0.2) is 104 Å². The fourth-order valence-corrected chi connectivity index (χ4v) is 4.00. The summed E-state index contributed by atoms with van der Waals surface area (Å²) >= 11 is 1.67. The van der Waals surface area contributed by atoms with Crippen LogP contribution < -0.4 is 0 Å². The lowest BCUT2D eigenvalue weighted by Crippen LogP contribution is -2.53. The summed E-state index contributed by atoms with van der Waals surface area (Å²) in [5, 5.41) is 2.03. The van der Waals surface area contributed by atoms with Crippen LogP contribution in [0.15, 0.2) is 17.5 Å². The Bertz CT molecular complexity index is 581. The molecule has 2 aliphatic rings. The zero-order valence-corrected chi connectivity index (χ0v) is 16.2. The third kappa shape index (κ3) is 5.51. The van der Waals surface area contributed by atoms with Crippen LogP contribution in [0.1, 0.15) is 4.88 Å². The van der Waals surface area contributed by atoms with Crippen LogP contribution in [0.2, 0.25) is 0 Å². The number of carbonyl (C=O) groups is 2. The zero-order valence-electron chi connectivity index (χ0n) is 15.4. The van der Waals surface area contributed by atoms with Crippen LogP contribution >= 0.6 is 11.3 Å². The fraction of sp³-hybridized carbons (Fsp3) is 0.667. The molecule has 2 amide bonds. The lowest BCUT2D eigenvalue weighted by Gasteiger charge is -2.36. The van der Waals surface area contributed by atoms with Gasteiger partial charge in [-0.05, 0) is 11.4 Å². The van der Waals surface area contributed by atoms with Crippen molar-refractivity contribution in [1.29, 1.82) is 0 Å². The summed E-state index contributed by atoms with van der Waals surface area (Å²) in [4.78, 5) is 34.0. The molecular formula is C18H28N4O3S. The van der Waals surface area contributed by atoms with Gasteiger partial charge in [-0.3, -0.25) is 19.4 Å². The minimum absolute atomic E-state index is 0.131. The average molecular weight is 381 g/mol. The monoisotopic (exact) mass is 380 g/mol. The second-order valence-electron chi connectivity index (χ2n) is 6.87. The van der Waals surface area contributed by atoms with Gasteiger partial charge in [0.05, 0.1) is 32.8 Å². The number of hydrogen-bond donors (Lipinski definition) is 0. The van der Waals surface area contributed by atoms with E-state index >= 15 is 0 Å². The first kappa shape index (κ1) is 19.3. The van der Waals surface area contributed by atoms with Crippen LogP contribution in [0.25, 0.3) is 0 Å². The van der Waals surface area contributed by atoms with Crippen molar-refractivity contribution in [1.82, 2.24) is 19.6 Å². The van der Waals surface area contributed by atoms with Crippen LogP contribution in [0.3, 0.4) is 0 Å². The summed E-state index contributed by atoms with van der Waals surface area (Å²) in [7, 11) is 1.85. The molecule has 0 aromatic carbocycles. The fourth-order valence-electron chi connectivity index (χ4n) is 3.24. The molecule has 2 aliphatic heterocycles. The molecule has 3 rings (SSSR count). The highest BCUT2D eigenvalue weighted by Crippen LogP contribution is 2.11. The van der Waals surface area contributed by atoms with E-state index in [0.717, 1.165) is 26.2 Å². The minimum atomic E-state index is 0.131. The molecule has 0 unspecified atom stereocenters. The van der Waals surface area contributed by atoms with Gasteiger partial charge in [0.1, 0.15) is 0 Å². The molecule has 144 valence electrons. The molecular weight excluding hydrogens is 352 g/mol. The van der Waals surface area contributed by atoms with Crippen LogP contribution in [0, 0.1) is 0 Å². The molecule has 3 heterocycles. The highest BCUT2D eigenvalue weighted by molar-refractivity contribution is 7.09. The Kier molecular flexibility index (Phi) is 7.01. The summed E-state index contributed by atoms with van der Waals surface area (Å²) in [6.45, 7) is 7.56. The van der Waals surface area contributed by atoms with Gasteiger partial charge in [-0.15, -0.1) is 11.3 Å². The standard InChI is InChI=1S/C18H28N4O3S/c1-19(13-16-3-2-12-26-16)17(23)14-20-4-6-22(7-5-20)18(24)15-21-8-10-25-11-9-21/h2-3,12H,4-11,13-15H2,1H3. The van der Waals surface area contributed by atoms with Crippen molar-refractivity contribution in [3.63, 3.8) is 0 Å². The van der Waals surface area contributed by atoms with E-state index in [4.69, 9.17) is 4.74 Å². The van der Waals surface area contributed by atoms with Crippen molar-refractivity contribution in [2.75, 3.05) is 72.6 Å². The normalized spacial score (nSPS) is 19.5. The van der Waals surface area contributed by atoms with E-state index in [-0.39, 0.29) is 11.8 Å². The molecule has 8 heteroatoms. The first-order chi connectivity index (χ1) is 12.6. The molecule has 2 fully saturated rings. The second kappa shape index (κ2) is 9.45. The lowest BCUT2D eigenvalue weighted by molar-refractivity contribution is -0.136. The van der Waals surface area contributed by atoms with Gasteiger partial charge in [0.2, 0.25) is 11.8 Å². The number of piperazine rings is 1. The number of nitrogens with zero attached hydrogens (tertiary/aromatic N) is 4. The average Bonchev–Trinajstić information content (AvgIpc) is 3.16. The highest BCUT2D eigenvalue weighted by Gasteiger charge is 2.25. The first-order valence-corrected chi connectivity index (χ1v) is 10.1. The number of morpholine rings is 1. The van der Waals surface area contributed by atoms with Gasteiger partial charge in [0, 0.05) is 51.2 Å². The molecule has 0 spiro atoms. The third-order valence-corrected chi connectivity index (χ3v) is 5.81. The van der Waals surface area contributed by atoms with Gasteiger partial charge in [-0.2, -0.15) is 0 Å². The molecule has 1 aromatic rings. The van der Waals surface area contributed by atoms with Crippen molar-refractivity contribution in [3.05, 3.63) is 22.4 Å². The van der Waals surface area contributed by atoms with Gasteiger partial charge in [0.25, 0.3) is 0 Å². The number of thiophene rings is 1. The van der Waals surface area contributed by atoms with E-state index in [1.165, 1.54) is 4.88 Å². The largest absolute Gasteiger partial charge is 0.379 e. The summed E-state index contributed by atoms with van der Waals surface area (Å²) < 4.78 is 5.32. The minimum Gasteiger partial charge on any atom is -0.379 e. The van der Waals surface area contributed by atoms with E-state index in [9.17, 15) is 9.59 Å². The number of likely N-dealkylation sites (N-methyl/N-ethyl adjacent to an activating group) is 1. The smallest absolute Gasteiger partial charge is 0.236 e. The molecule has 0 N–H and O–H groups in total. The molecule has 0 saturated carbocycles. The maximum Gasteiger partial charge on any atom is 0.236 e. The molecule has 1 aromatic heterocycles. The second-order valence-corrected chi connectivity index (χ2v) is 7.91. The third-order valence-electron chi connectivity index (χ3n) is 4.95. The van der Waals surface area contributed by atoms with E-state index in [2.05, 4.69) is 9.80 Å². The Hall–Kier alpha value is -1.48. The van der Waals surface area contributed by atoms with Crippen LogP contribution in [0.4, 0.5) is 0 Å². The molecule has 0 bridgehead atoms. The maximum atomic E-state index is 12.4. The van der Waals surface area contributed by atoms with Gasteiger partial charge in [-0.1, -0.05) is 6.07 Å². The van der Waals surface area contributed by atoms with Gasteiger partial charge < -0.3 is 14.5 Å². The summed E-state index contributed by atoms with van der Waals surface area (Å²) in [5.74, 6) is 0.319. The SMILES string of the molecule is CN(Cc1cccs1)C(=O)CN1CCN(C(=O)CN2CCOCC2)CC1. The molecule has 0 radical (unpaired) electrons. The number of ether oxygens (including phenoxy) is 1. The summed E-state index contributed by atoms with van der Waals surface area (Å²) in [5.41, 5.74) is 0. The first-order valence-electron chi connectivity index (χ1n) is 9.18. The number of amides is 2. The van der Waals surface area contributed by atoms with E-state index < -0.39 is 0 Å². The molecule has 26 heavy (non-hydrogen) atoms. The predicted molar refractivity (Wildman–Crippen MR) is 101 cm³/mol. The zero-order chi connectivity index (χ0) is 18.4. The summed E-state index contributed by atoms with van der Waals surface area (Å²) in [6.07, 6.45) is 0. The Morgan fingerprint density at radius 2 is 1.77 bits per heavy atom. The van der Waals surface area contributed by atoms with E-state index in [1.54, 1.807) is 16.2 Å². The Morgan fingerprint density at radius 3 is 2.42 bits per heavy atom. The van der Waals surface area contributed by atoms with Crippen molar-refractivity contribution in [3.8, 4) is 0 Å². The highest BCUT2D eigenvalue weighted by atomic mass is 32.1. The van der Waals surface area contributed by atoms with Crippen molar-refractivity contribution in [2.24, 2.45) is 0 Å². The Labute approximate surface area is 159 Å². The van der Waals surface area contributed by atoms with Gasteiger partial charge >= 0.3 is 0 Å². The topological polar surface area (TPSA) is 56.3 Å². The van der Waals surface area contributed by atoms with Crippen LogP contribution in [-0.2, 0) is 20.9 Å². The van der Waals surface area contributed by atoms with Crippen LogP contribution in [0.5, 0.6) is 0 Å². The van der Waals surface area contributed by atoms with Gasteiger partial charge in [0.15, 0.2) is 0 Å². The summed E-state index contributed by atoms with van der Waals surface area (Å²) in [6, 6.07) is 4.05.